The third kappa shape index (κ3) is 12.2. The van der Waals surface area contributed by atoms with Gasteiger partial charge in [-0.15, -0.1) is 14.6 Å². The Morgan fingerprint density at radius 2 is 1.59 bits per heavy atom. The van der Waals surface area contributed by atoms with Crippen LogP contribution in [0.3, 0.4) is 0 Å². The minimum atomic E-state index is -4.09. The normalized spacial score (nSPS) is 11.9. The van der Waals surface area contributed by atoms with E-state index in [4.69, 9.17) is 54.1 Å². The van der Waals surface area contributed by atoms with E-state index in [9.17, 15) is 18.5 Å². The first-order valence-electron chi connectivity index (χ1n) is 23.7. The number of thiazole rings is 2. The van der Waals surface area contributed by atoms with Crippen LogP contribution in [0.4, 0.5) is 39.6 Å². The van der Waals surface area contributed by atoms with Crippen molar-refractivity contribution in [1.82, 2.24) is 34.9 Å². The van der Waals surface area contributed by atoms with Crippen molar-refractivity contribution in [1.29, 1.82) is 5.26 Å². The summed E-state index contributed by atoms with van der Waals surface area (Å²) in [5.74, 6) is 0.312. The summed E-state index contributed by atoms with van der Waals surface area (Å²) in [6, 6.07) is 26.4. The van der Waals surface area contributed by atoms with Crippen molar-refractivity contribution in [2.24, 2.45) is 10.2 Å². The average Bonchev–Trinajstić information content (AvgIpc) is 4.12. The fraction of sp³-hybridized carbons (Fsp3) is 0.269. The lowest BCUT2D eigenvalue weighted by Gasteiger charge is -2.26. The van der Waals surface area contributed by atoms with Crippen molar-refractivity contribution >= 4 is 111 Å². The first-order valence-corrected chi connectivity index (χ1v) is 27.5. The summed E-state index contributed by atoms with van der Waals surface area (Å²) in [5, 5.41) is 30.1. The first-order chi connectivity index (χ1) is 36.3. The molecule has 0 spiro atoms. The van der Waals surface area contributed by atoms with Gasteiger partial charge in [0.1, 0.15) is 29.7 Å². The minimum Gasteiger partial charge on any atom is -0.465 e. The molecule has 4 aromatic heterocycles. The fourth-order valence-electron chi connectivity index (χ4n) is 7.84. The molecule has 0 saturated carbocycles. The fourth-order valence-corrected chi connectivity index (χ4v) is 11.3. The molecular weight excluding hydrogens is 1050 g/mol. The van der Waals surface area contributed by atoms with Gasteiger partial charge in [0.05, 0.1) is 62.0 Å². The number of hydroxylamine groups is 1. The minimum absolute atomic E-state index is 0.00209. The number of azo groups is 1. The number of rotatable bonds is 21. The van der Waals surface area contributed by atoms with E-state index in [1.807, 2.05) is 121 Å². The number of pyridine rings is 1. The van der Waals surface area contributed by atoms with Gasteiger partial charge >= 0.3 is 5.97 Å². The Labute approximate surface area is 451 Å². The predicted octanol–water partition coefficient (Wildman–Crippen LogP) is 12.6. The highest BCUT2D eigenvalue weighted by atomic mass is 32.2. The smallest absolute Gasteiger partial charge is 0.321 e. The lowest BCUT2D eigenvalue weighted by molar-refractivity contribution is -0.305. The summed E-state index contributed by atoms with van der Waals surface area (Å²) in [7, 11) is -4.09. The average molecular weight is 1100 g/mol. The van der Waals surface area contributed by atoms with E-state index in [0.29, 0.717) is 66.1 Å². The van der Waals surface area contributed by atoms with E-state index in [-0.39, 0.29) is 28.8 Å². The lowest BCUT2D eigenvalue weighted by Crippen LogP contribution is -2.30. The van der Waals surface area contributed by atoms with Crippen molar-refractivity contribution in [3.63, 3.8) is 0 Å². The zero-order chi connectivity index (χ0) is 54.5. The lowest BCUT2D eigenvalue weighted by atomic mass is 9.90. The first kappa shape index (κ1) is 54.9. The predicted molar refractivity (Wildman–Crippen MR) is 295 cm³/mol. The van der Waals surface area contributed by atoms with Crippen LogP contribution < -0.4 is 20.4 Å². The van der Waals surface area contributed by atoms with Crippen LogP contribution in [-0.2, 0) is 44.1 Å². The van der Waals surface area contributed by atoms with Crippen LogP contribution in [0.15, 0.2) is 111 Å². The Morgan fingerprint density at radius 1 is 0.868 bits per heavy atom. The molecule has 76 heavy (non-hydrogen) atoms. The summed E-state index contributed by atoms with van der Waals surface area (Å²) in [6.07, 6.45) is 0. The molecule has 20 nitrogen and oxygen atoms in total. The number of fused-ring (bicyclic) bond motifs is 2. The second kappa shape index (κ2) is 23.3. The third-order valence-corrected chi connectivity index (χ3v) is 15.4. The Morgan fingerprint density at radius 3 is 2.28 bits per heavy atom. The maximum absolute atomic E-state index is 13.4. The SMILES string of the molecule is C=C(NOOSc1ccc2sc(-n3nc(C(C)(C)C)c(C#N)c3N=Nc3c(C)cc(N(c4nc5ccc(S(=O)(=O)NCC(=O)OCC)cc5s4)c4c(C)cccc4C)nc3Nc3c(C)cccc3C)nc2c1)OOCC. The molecule has 0 amide bonds. The van der Waals surface area contributed by atoms with Gasteiger partial charge in [-0.05, 0) is 125 Å². The van der Waals surface area contributed by atoms with Crippen LogP contribution in [0.2, 0.25) is 0 Å². The van der Waals surface area contributed by atoms with Crippen molar-refractivity contribution in [3.05, 3.63) is 130 Å². The molecule has 0 atom stereocenters. The van der Waals surface area contributed by atoms with E-state index in [1.54, 1.807) is 24.6 Å². The maximum Gasteiger partial charge on any atom is 0.321 e. The van der Waals surface area contributed by atoms with Gasteiger partial charge in [0, 0.05) is 16.0 Å². The monoisotopic (exact) mass is 1100 g/mol. The molecule has 3 N–H and O–H groups in total. The van der Waals surface area contributed by atoms with Gasteiger partial charge in [-0.1, -0.05) is 84.8 Å². The Hall–Kier alpha value is -7.34. The molecule has 0 bridgehead atoms. The second-order valence-corrected chi connectivity index (χ2v) is 22.7. The molecule has 4 aromatic carbocycles. The number of carbonyl (C=O) groups excluding carboxylic acids is 1. The Balaban J connectivity index is 1.23. The van der Waals surface area contributed by atoms with Gasteiger partial charge in [-0.25, -0.2) is 23.4 Å². The molecule has 0 radical (unpaired) electrons. The highest BCUT2D eigenvalue weighted by molar-refractivity contribution is 7.94. The number of hydrogen-bond donors (Lipinski definition) is 3. The number of benzene rings is 4. The number of carbonyl (C=O) groups is 1. The van der Waals surface area contributed by atoms with Gasteiger partial charge in [0.2, 0.25) is 21.0 Å². The van der Waals surface area contributed by atoms with E-state index < -0.39 is 28.0 Å². The van der Waals surface area contributed by atoms with Crippen LogP contribution >= 0.6 is 34.7 Å². The van der Waals surface area contributed by atoms with Gasteiger partial charge in [-0.3, -0.25) is 9.69 Å². The van der Waals surface area contributed by atoms with Gasteiger partial charge in [-0.2, -0.15) is 30.1 Å². The standard InChI is InChI=1S/C52H54N12O8S4/c1-12-68-43(65)28-54-76(66,67)36-21-22-38-41(26-36)74-50(55-38)63(46-31(5)18-15-19-32(46)6)42-24-33(7)45(48(57-42)58-44-29(3)16-14-17-30(44)4)59-60-49-37(27-53)47(52(9,10)11)61-64(49)51-56-39-25-35(20-23-40(39)73-51)75-72-71-62-34(8)70-69-13-2/h14-26,54,62H,8,12-13,28H2,1-7,9-11H3,(H,57,58). The number of nitrogens with zero attached hydrogens (tertiary/aromatic N) is 9. The summed E-state index contributed by atoms with van der Waals surface area (Å²) in [6.45, 7) is 22.8. The molecule has 0 unspecified atom stereocenters. The molecule has 8 aromatic rings. The number of hydrogen-bond acceptors (Lipinski definition) is 21. The zero-order valence-corrected chi connectivity index (χ0v) is 46.5. The van der Waals surface area contributed by atoms with E-state index >= 15 is 0 Å². The van der Waals surface area contributed by atoms with Crippen molar-refractivity contribution in [3.8, 4) is 11.2 Å². The van der Waals surface area contributed by atoms with Gasteiger partial charge in [0.15, 0.2) is 16.8 Å². The quantitative estimate of drug-likeness (QED) is 0.0115. The van der Waals surface area contributed by atoms with E-state index in [2.05, 4.69) is 28.2 Å². The molecule has 4 heterocycles. The third-order valence-electron chi connectivity index (χ3n) is 11.4. The molecule has 0 fully saturated rings. The molecule has 0 aliphatic rings. The molecule has 0 aliphatic carbocycles. The van der Waals surface area contributed by atoms with Crippen molar-refractivity contribution < 1.29 is 37.0 Å². The molecule has 394 valence electrons. The number of ether oxygens (including phenoxy) is 1. The number of nitrogens with one attached hydrogen (secondary N) is 3. The zero-order valence-electron chi connectivity index (χ0n) is 43.3. The molecular formula is C52H54N12O8S4. The summed E-state index contributed by atoms with van der Waals surface area (Å²) >= 11 is 3.57. The van der Waals surface area contributed by atoms with Crippen LogP contribution in [-0.4, -0.2) is 58.9 Å². The van der Waals surface area contributed by atoms with Gasteiger partial charge < -0.3 is 14.9 Å². The number of esters is 1. The van der Waals surface area contributed by atoms with Crippen LogP contribution in [0.25, 0.3) is 25.6 Å². The largest absolute Gasteiger partial charge is 0.465 e. The number of aryl methyl sites for hydroxylation is 5. The summed E-state index contributed by atoms with van der Waals surface area (Å²) < 4.78 is 42.2. The van der Waals surface area contributed by atoms with Crippen molar-refractivity contribution in [2.75, 3.05) is 30.0 Å². The number of para-hydroxylation sites is 2. The molecule has 0 saturated heterocycles. The topological polar surface area (TPSA) is 242 Å². The number of nitriles is 1. The van der Waals surface area contributed by atoms with Crippen LogP contribution in [0.5, 0.6) is 0 Å². The number of anilines is 5. The van der Waals surface area contributed by atoms with Crippen LogP contribution in [0, 0.1) is 45.9 Å². The summed E-state index contributed by atoms with van der Waals surface area (Å²) in [4.78, 5) is 44.6. The van der Waals surface area contributed by atoms with Crippen molar-refractivity contribution in [2.45, 2.75) is 84.4 Å². The Kier molecular flexibility index (Phi) is 16.8. The Bertz CT molecular complexity index is 3650. The summed E-state index contributed by atoms with van der Waals surface area (Å²) in [5.41, 5.74) is 10.2. The second-order valence-electron chi connectivity index (χ2n) is 18.1. The molecule has 24 heteroatoms. The van der Waals surface area contributed by atoms with E-state index in [1.165, 1.54) is 34.8 Å². The van der Waals surface area contributed by atoms with E-state index in [0.717, 1.165) is 50.4 Å². The highest BCUT2D eigenvalue weighted by Crippen LogP contribution is 2.45. The number of aromatic nitrogens is 5. The van der Waals surface area contributed by atoms with Crippen LogP contribution in [0.1, 0.15) is 73.7 Å². The maximum atomic E-state index is 13.4. The highest BCUT2D eigenvalue weighted by Gasteiger charge is 2.30. The molecule has 0 aliphatic heterocycles. The molecule has 8 rings (SSSR count). The van der Waals surface area contributed by atoms with Gasteiger partial charge in [0.25, 0.3) is 0 Å². The number of sulfonamides is 1.